The minimum Gasteiger partial charge on any atom is -0.338 e. The maximum absolute atomic E-state index is 12.8. The van der Waals surface area contributed by atoms with Crippen molar-refractivity contribution in [2.24, 2.45) is 0 Å². The summed E-state index contributed by atoms with van der Waals surface area (Å²) in [5.74, 6) is -0.0391. The van der Waals surface area contributed by atoms with Gasteiger partial charge in [0.05, 0.1) is 6.04 Å². The van der Waals surface area contributed by atoms with Crippen LogP contribution in [-0.4, -0.2) is 41.5 Å². The van der Waals surface area contributed by atoms with Crippen LogP contribution in [0.15, 0.2) is 53.0 Å². The van der Waals surface area contributed by atoms with Gasteiger partial charge in [0.2, 0.25) is 0 Å². The summed E-state index contributed by atoms with van der Waals surface area (Å²) >= 11 is 3.47. The van der Waals surface area contributed by atoms with Crippen molar-refractivity contribution in [3.8, 4) is 0 Å². The summed E-state index contributed by atoms with van der Waals surface area (Å²) in [6, 6.07) is 15.4. The Kier molecular flexibility index (Phi) is 5.25. The van der Waals surface area contributed by atoms with Crippen LogP contribution < -0.4 is 10.6 Å². The Hall–Kier alpha value is -2.18. The number of likely N-dealkylation sites (tertiary alicyclic amines) is 1. The van der Waals surface area contributed by atoms with Crippen molar-refractivity contribution in [2.75, 3.05) is 13.1 Å². The van der Waals surface area contributed by atoms with Crippen molar-refractivity contribution in [1.29, 1.82) is 0 Å². The molecule has 0 bridgehead atoms. The number of amides is 2. The van der Waals surface area contributed by atoms with E-state index in [0.29, 0.717) is 37.9 Å². The lowest BCUT2D eigenvalue weighted by molar-refractivity contribution is -0.121. The molecule has 5 nitrogen and oxygen atoms in total. The van der Waals surface area contributed by atoms with Crippen LogP contribution in [0.5, 0.6) is 0 Å². The maximum Gasteiger partial charge on any atom is 0.260 e. The van der Waals surface area contributed by atoms with E-state index in [2.05, 4.69) is 26.6 Å². The zero-order valence-corrected chi connectivity index (χ0v) is 17.4. The molecule has 1 atom stereocenters. The largest absolute Gasteiger partial charge is 0.338 e. The van der Waals surface area contributed by atoms with Gasteiger partial charge < -0.3 is 4.90 Å². The van der Waals surface area contributed by atoms with Crippen molar-refractivity contribution in [2.45, 2.75) is 37.9 Å². The molecule has 1 unspecified atom stereocenters. The number of hydrogen-bond acceptors (Lipinski definition) is 3. The molecular weight excluding hydrogens is 418 g/mol. The molecule has 0 aromatic heterocycles. The fourth-order valence-electron chi connectivity index (χ4n) is 3.99. The summed E-state index contributed by atoms with van der Waals surface area (Å²) < 4.78 is 0.999. The SMILES string of the molecule is Cc1cc(C(=O)N2CCC3(CC2)[N]C(=O)C(Cc2ccccc2)N3)ccc1Br. The lowest BCUT2D eigenvalue weighted by atomic mass is 9.96. The van der Waals surface area contributed by atoms with E-state index in [1.54, 1.807) is 0 Å². The van der Waals surface area contributed by atoms with Crippen molar-refractivity contribution in [3.05, 3.63) is 69.7 Å². The van der Waals surface area contributed by atoms with E-state index in [0.717, 1.165) is 15.6 Å². The number of hydrogen-bond donors (Lipinski definition) is 1. The second kappa shape index (κ2) is 7.68. The number of halogens is 1. The number of nitrogens with one attached hydrogen (secondary N) is 1. The average molecular weight is 441 g/mol. The Bertz CT molecular complexity index is 892. The number of carbonyl (C=O) groups is 2. The molecule has 1 radical (unpaired) electrons. The molecule has 2 aliphatic rings. The van der Waals surface area contributed by atoms with Gasteiger partial charge in [0.1, 0.15) is 5.66 Å². The zero-order valence-electron chi connectivity index (χ0n) is 15.8. The predicted molar refractivity (Wildman–Crippen MR) is 111 cm³/mol. The van der Waals surface area contributed by atoms with Crippen molar-refractivity contribution in [3.63, 3.8) is 0 Å². The zero-order chi connectivity index (χ0) is 19.7. The number of aryl methyl sites for hydroxylation is 1. The summed E-state index contributed by atoms with van der Waals surface area (Å²) in [7, 11) is 0. The first-order valence-electron chi connectivity index (χ1n) is 9.60. The summed E-state index contributed by atoms with van der Waals surface area (Å²) in [6.07, 6.45) is 1.96. The van der Waals surface area contributed by atoms with Gasteiger partial charge in [0.25, 0.3) is 11.8 Å². The van der Waals surface area contributed by atoms with E-state index in [1.807, 2.05) is 60.4 Å². The average Bonchev–Trinajstić information content (AvgIpc) is 2.99. The van der Waals surface area contributed by atoms with Crippen LogP contribution >= 0.6 is 15.9 Å². The first-order valence-corrected chi connectivity index (χ1v) is 10.4. The number of piperidine rings is 1. The summed E-state index contributed by atoms with van der Waals surface area (Å²) in [5, 5.41) is 7.92. The van der Waals surface area contributed by atoms with Gasteiger partial charge in [-0.15, -0.1) is 0 Å². The summed E-state index contributed by atoms with van der Waals surface area (Å²) in [6.45, 7) is 3.16. The molecule has 28 heavy (non-hydrogen) atoms. The van der Waals surface area contributed by atoms with Gasteiger partial charge in [0.15, 0.2) is 0 Å². The molecule has 2 heterocycles. The van der Waals surface area contributed by atoms with E-state index in [-0.39, 0.29) is 17.9 Å². The van der Waals surface area contributed by atoms with E-state index in [1.165, 1.54) is 0 Å². The molecule has 2 aromatic carbocycles. The van der Waals surface area contributed by atoms with E-state index in [9.17, 15) is 9.59 Å². The minimum absolute atomic E-state index is 0.0376. The quantitative estimate of drug-likeness (QED) is 0.797. The summed E-state index contributed by atoms with van der Waals surface area (Å²) in [5.41, 5.74) is 2.34. The highest BCUT2D eigenvalue weighted by Crippen LogP contribution is 2.28. The monoisotopic (exact) mass is 440 g/mol. The van der Waals surface area contributed by atoms with Gasteiger partial charge in [-0.3, -0.25) is 14.9 Å². The third-order valence-electron chi connectivity index (χ3n) is 5.63. The van der Waals surface area contributed by atoms with Gasteiger partial charge >= 0.3 is 0 Å². The first kappa shape index (κ1) is 19.2. The lowest BCUT2D eigenvalue weighted by Crippen LogP contribution is -2.56. The van der Waals surface area contributed by atoms with Crippen molar-refractivity contribution >= 4 is 27.7 Å². The maximum atomic E-state index is 12.8. The van der Waals surface area contributed by atoms with Crippen molar-refractivity contribution in [1.82, 2.24) is 15.5 Å². The predicted octanol–water partition coefficient (Wildman–Crippen LogP) is 3.04. The van der Waals surface area contributed by atoms with Gasteiger partial charge in [-0.2, -0.15) is 0 Å². The molecule has 4 rings (SSSR count). The Labute approximate surface area is 173 Å². The van der Waals surface area contributed by atoms with Crippen LogP contribution in [0, 0.1) is 6.92 Å². The topological polar surface area (TPSA) is 63.5 Å². The van der Waals surface area contributed by atoms with Crippen LogP contribution in [0.25, 0.3) is 0 Å². The number of benzene rings is 2. The Morgan fingerprint density at radius 2 is 1.93 bits per heavy atom. The highest BCUT2D eigenvalue weighted by Gasteiger charge is 2.47. The molecule has 2 amide bonds. The molecular formula is C22H23BrN3O2. The van der Waals surface area contributed by atoms with Crippen LogP contribution in [-0.2, 0) is 11.2 Å². The molecule has 2 fully saturated rings. The number of carbonyl (C=O) groups excluding carboxylic acids is 2. The molecule has 1 N–H and O–H groups in total. The van der Waals surface area contributed by atoms with Gasteiger partial charge in [-0.25, -0.2) is 5.32 Å². The third-order valence-corrected chi connectivity index (χ3v) is 6.52. The third kappa shape index (κ3) is 3.84. The molecule has 6 heteroatoms. The van der Waals surface area contributed by atoms with Gasteiger partial charge in [-0.05, 0) is 42.7 Å². The molecule has 145 valence electrons. The van der Waals surface area contributed by atoms with Crippen LogP contribution in [0.2, 0.25) is 0 Å². The molecule has 0 aliphatic carbocycles. The molecule has 2 aromatic rings. The Morgan fingerprint density at radius 3 is 2.61 bits per heavy atom. The Balaban J connectivity index is 1.39. The van der Waals surface area contributed by atoms with Gasteiger partial charge in [0, 0.05) is 36.0 Å². The molecule has 2 saturated heterocycles. The highest BCUT2D eigenvalue weighted by atomic mass is 79.9. The van der Waals surface area contributed by atoms with Crippen LogP contribution in [0.3, 0.4) is 0 Å². The first-order chi connectivity index (χ1) is 13.5. The standard InChI is InChI=1S/C22H23BrN3O2/c1-15-13-17(7-8-18(15)23)21(28)26-11-9-22(10-12-26)24-19(20(27)25-22)14-16-5-3-2-4-6-16/h2-8,13,19,24H,9-12,14H2,1H3. The normalized spacial score (nSPS) is 21.0. The van der Waals surface area contributed by atoms with E-state index in [4.69, 9.17) is 0 Å². The Morgan fingerprint density at radius 1 is 1.21 bits per heavy atom. The molecule has 0 saturated carbocycles. The second-order valence-corrected chi connectivity index (χ2v) is 8.48. The van der Waals surface area contributed by atoms with Crippen LogP contribution in [0.4, 0.5) is 0 Å². The summed E-state index contributed by atoms with van der Waals surface area (Å²) in [4.78, 5) is 27.1. The minimum atomic E-state index is -0.525. The smallest absolute Gasteiger partial charge is 0.260 e. The number of nitrogens with zero attached hydrogens (tertiary/aromatic N) is 2. The van der Waals surface area contributed by atoms with Gasteiger partial charge in [-0.1, -0.05) is 46.3 Å². The second-order valence-electron chi connectivity index (χ2n) is 7.62. The molecule has 1 spiro atoms. The van der Waals surface area contributed by atoms with Crippen LogP contribution in [0.1, 0.15) is 34.3 Å². The fourth-order valence-corrected chi connectivity index (χ4v) is 4.24. The van der Waals surface area contributed by atoms with E-state index >= 15 is 0 Å². The lowest BCUT2D eigenvalue weighted by Gasteiger charge is -2.38. The van der Waals surface area contributed by atoms with Crippen molar-refractivity contribution < 1.29 is 9.59 Å². The number of rotatable bonds is 3. The van der Waals surface area contributed by atoms with E-state index < -0.39 is 5.66 Å². The fraction of sp³-hybridized carbons (Fsp3) is 0.364. The molecule has 2 aliphatic heterocycles. The highest BCUT2D eigenvalue weighted by molar-refractivity contribution is 9.10.